The lowest BCUT2D eigenvalue weighted by molar-refractivity contribution is -0.143. The van der Waals surface area contributed by atoms with Crippen molar-refractivity contribution in [1.29, 1.82) is 0 Å². The van der Waals surface area contributed by atoms with Gasteiger partial charge in [-0.15, -0.1) is 0 Å². The molecule has 1 aromatic heterocycles. The van der Waals surface area contributed by atoms with Crippen molar-refractivity contribution in [1.82, 2.24) is 14.8 Å². The molecule has 1 saturated heterocycles. The normalized spacial score (nSPS) is 15.4. The average molecular weight is 367 g/mol. The van der Waals surface area contributed by atoms with E-state index < -0.39 is 24.5 Å². The summed E-state index contributed by atoms with van der Waals surface area (Å²) in [5.74, 6) is -1.21. The molecule has 3 rings (SSSR count). The highest BCUT2D eigenvalue weighted by atomic mass is 16.5. The number of nitrogens with zero attached hydrogens (tertiary/aromatic N) is 2. The van der Waals surface area contributed by atoms with Crippen LogP contribution in [0.1, 0.15) is 22.5 Å². The lowest BCUT2D eigenvalue weighted by Gasteiger charge is -2.10. The van der Waals surface area contributed by atoms with Crippen LogP contribution in [0.15, 0.2) is 36.0 Å². The zero-order valence-corrected chi connectivity index (χ0v) is 15.7. The van der Waals surface area contributed by atoms with Gasteiger partial charge in [0.05, 0.1) is 7.11 Å². The van der Waals surface area contributed by atoms with Gasteiger partial charge in [-0.25, -0.2) is 9.69 Å². The van der Waals surface area contributed by atoms with Gasteiger partial charge >= 0.3 is 12.0 Å². The van der Waals surface area contributed by atoms with Gasteiger partial charge in [-0.05, 0) is 50.6 Å². The maximum atomic E-state index is 12.4. The summed E-state index contributed by atoms with van der Waals surface area (Å²) in [4.78, 5) is 36.6. The summed E-state index contributed by atoms with van der Waals surface area (Å²) >= 11 is 0. The fourth-order valence-electron chi connectivity index (χ4n) is 3.09. The number of ether oxygens (including phenoxy) is 1. The van der Waals surface area contributed by atoms with E-state index in [0.717, 1.165) is 27.5 Å². The summed E-state index contributed by atoms with van der Waals surface area (Å²) in [5.41, 5.74) is 5.09. The highest BCUT2D eigenvalue weighted by Gasteiger charge is 2.35. The Labute approximate surface area is 157 Å². The Morgan fingerprint density at radius 3 is 2.44 bits per heavy atom. The minimum Gasteiger partial charge on any atom is -0.468 e. The number of methoxy groups -OCH3 is 1. The molecule has 1 N–H and O–H groups in total. The Morgan fingerprint density at radius 2 is 1.81 bits per heavy atom. The number of hydrogen-bond acceptors (Lipinski definition) is 4. The second-order valence-electron chi connectivity index (χ2n) is 6.45. The minimum atomic E-state index is -0.655. The smallest absolute Gasteiger partial charge is 0.329 e. The maximum Gasteiger partial charge on any atom is 0.329 e. The van der Waals surface area contributed by atoms with Crippen molar-refractivity contribution in [3.05, 3.63) is 58.5 Å². The molecule has 1 aromatic carbocycles. The van der Waals surface area contributed by atoms with Crippen LogP contribution in [0, 0.1) is 20.8 Å². The van der Waals surface area contributed by atoms with Crippen molar-refractivity contribution < 1.29 is 19.1 Å². The summed E-state index contributed by atoms with van der Waals surface area (Å²) in [6.45, 7) is 5.55. The third-order valence-electron chi connectivity index (χ3n) is 4.54. The van der Waals surface area contributed by atoms with E-state index in [1.807, 2.05) is 51.1 Å². The highest BCUT2D eigenvalue weighted by Crippen LogP contribution is 2.24. The number of amides is 3. The van der Waals surface area contributed by atoms with Crippen LogP contribution in [-0.4, -0.2) is 41.0 Å². The van der Waals surface area contributed by atoms with Crippen molar-refractivity contribution in [3.8, 4) is 5.69 Å². The lowest BCUT2D eigenvalue weighted by atomic mass is 10.2. The first-order valence-electron chi connectivity index (χ1n) is 8.49. The number of urea groups is 1. The molecule has 140 valence electrons. The number of aromatic nitrogens is 1. The topological polar surface area (TPSA) is 80.6 Å². The van der Waals surface area contributed by atoms with Crippen LogP contribution in [0.5, 0.6) is 0 Å². The van der Waals surface area contributed by atoms with E-state index in [0.29, 0.717) is 0 Å². The van der Waals surface area contributed by atoms with Gasteiger partial charge in [0.15, 0.2) is 0 Å². The zero-order valence-electron chi connectivity index (χ0n) is 15.7. The zero-order chi connectivity index (χ0) is 19.7. The first-order chi connectivity index (χ1) is 12.8. The summed E-state index contributed by atoms with van der Waals surface area (Å²) in [6, 6.07) is 9.46. The van der Waals surface area contributed by atoms with Crippen molar-refractivity contribution in [2.24, 2.45) is 0 Å². The molecule has 0 radical (unpaired) electrons. The van der Waals surface area contributed by atoms with Crippen LogP contribution >= 0.6 is 0 Å². The second-order valence-corrected chi connectivity index (χ2v) is 6.45. The average Bonchev–Trinajstić information content (AvgIpc) is 3.06. The maximum absolute atomic E-state index is 12.4. The minimum absolute atomic E-state index is 0.132. The Hall–Kier alpha value is -3.35. The van der Waals surface area contributed by atoms with Crippen LogP contribution in [0.2, 0.25) is 0 Å². The van der Waals surface area contributed by atoms with Gasteiger partial charge in [0.2, 0.25) is 0 Å². The van der Waals surface area contributed by atoms with E-state index in [9.17, 15) is 14.4 Å². The van der Waals surface area contributed by atoms with Crippen LogP contribution in [0.4, 0.5) is 4.79 Å². The highest BCUT2D eigenvalue weighted by molar-refractivity contribution is 6.15. The summed E-state index contributed by atoms with van der Waals surface area (Å²) < 4.78 is 6.60. The largest absolute Gasteiger partial charge is 0.468 e. The van der Waals surface area contributed by atoms with Crippen molar-refractivity contribution >= 4 is 24.0 Å². The number of aryl methyl sites for hydroxylation is 2. The molecule has 1 aliphatic rings. The van der Waals surface area contributed by atoms with Gasteiger partial charge in [0, 0.05) is 17.1 Å². The third-order valence-corrected chi connectivity index (χ3v) is 4.54. The monoisotopic (exact) mass is 367 g/mol. The lowest BCUT2D eigenvalue weighted by Crippen LogP contribution is -2.36. The predicted octanol–water partition coefficient (Wildman–Crippen LogP) is 2.47. The second kappa shape index (κ2) is 7.11. The first-order valence-corrected chi connectivity index (χ1v) is 8.49. The van der Waals surface area contributed by atoms with E-state index in [2.05, 4.69) is 14.6 Å². The Bertz CT molecular complexity index is 954. The van der Waals surface area contributed by atoms with Gasteiger partial charge in [-0.2, -0.15) is 0 Å². The molecular weight excluding hydrogens is 346 g/mol. The first kappa shape index (κ1) is 18.4. The molecule has 3 amide bonds. The number of carbonyl (C=O) groups is 3. The van der Waals surface area contributed by atoms with Crippen LogP contribution in [0.3, 0.4) is 0 Å². The van der Waals surface area contributed by atoms with Crippen molar-refractivity contribution in [2.75, 3.05) is 13.7 Å². The molecule has 1 fully saturated rings. The van der Waals surface area contributed by atoms with Gasteiger partial charge in [0.25, 0.3) is 5.91 Å². The van der Waals surface area contributed by atoms with Crippen LogP contribution < -0.4 is 5.32 Å². The van der Waals surface area contributed by atoms with Crippen molar-refractivity contribution in [3.63, 3.8) is 0 Å². The number of imide groups is 1. The molecule has 0 bridgehead atoms. The number of rotatable bonds is 4. The van der Waals surface area contributed by atoms with Crippen LogP contribution in [0.25, 0.3) is 11.8 Å². The molecule has 0 spiro atoms. The molecule has 0 aliphatic carbocycles. The molecule has 7 nitrogen and oxygen atoms in total. The Balaban J connectivity index is 1.93. The van der Waals surface area contributed by atoms with E-state index in [1.165, 1.54) is 12.7 Å². The summed E-state index contributed by atoms with van der Waals surface area (Å²) in [5, 5.41) is 2.52. The van der Waals surface area contributed by atoms with Gasteiger partial charge in [0.1, 0.15) is 12.2 Å². The molecule has 1 aliphatic heterocycles. The Morgan fingerprint density at radius 1 is 1.15 bits per heavy atom. The standard InChI is InChI=1S/C20H21N3O4/c1-12-5-7-16(8-6-12)23-13(2)9-15(14(23)3)10-17-19(25)22(20(26)21-17)11-18(24)27-4/h5-10H,11H2,1-4H3,(H,21,26). The van der Waals surface area contributed by atoms with Crippen LogP contribution in [-0.2, 0) is 14.3 Å². The molecule has 0 unspecified atom stereocenters. The Kier molecular flexibility index (Phi) is 4.85. The molecule has 0 saturated carbocycles. The number of carbonyl (C=O) groups excluding carboxylic acids is 3. The third kappa shape index (κ3) is 3.48. The van der Waals surface area contributed by atoms with E-state index in [4.69, 9.17) is 0 Å². The fraction of sp³-hybridized carbons (Fsp3) is 0.250. The van der Waals surface area contributed by atoms with Gasteiger partial charge in [-0.1, -0.05) is 17.7 Å². The number of benzene rings is 1. The quantitative estimate of drug-likeness (QED) is 0.511. The number of hydrogen-bond donors (Lipinski definition) is 1. The molecule has 7 heteroatoms. The van der Waals surface area contributed by atoms with E-state index >= 15 is 0 Å². The van der Waals surface area contributed by atoms with Gasteiger partial charge in [-0.3, -0.25) is 9.59 Å². The molecule has 2 aromatic rings. The number of nitrogens with one attached hydrogen (secondary N) is 1. The molecular formula is C20H21N3O4. The van der Waals surface area contributed by atoms with Gasteiger partial charge < -0.3 is 14.6 Å². The van der Waals surface area contributed by atoms with E-state index in [1.54, 1.807) is 6.08 Å². The fourth-order valence-corrected chi connectivity index (χ4v) is 3.09. The van der Waals surface area contributed by atoms with E-state index in [-0.39, 0.29) is 5.70 Å². The van der Waals surface area contributed by atoms with Crippen molar-refractivity contribution in [2.45, 2.75) is 20.8 Å². The SMILES string of the molecule is COC(=O)CN1C(=O)NC(=Cc2cc(C)n(-c3ccc(C)cc3)c2C)C1=O. The number of esters is 1. The molecule has 27 heavy (non-hydrogen) atoms. The predicted molar refractivity (Wildman–Crippen MR) is 100 cm³/mol. The molecule has 2 heterocycles. The molecule has 0 atom stereocenters. The summed E-state index contributed by atoms with van der Waals surface area (Å²) in [6.07, 6.45) is 1.63. The summed E-state index contributed by atoms with van der Waals surface area (Å²) in [7, 11) is 1.21.